The van der Waals surface area contributed by atoms with Crippen LogP contribution in [0.25, 0.3) is 6.08 Å². The van der Waals surface area contributed by atoms with Crippen LogP contribution in [0.15, 0.2) is 41.3 Å². The monoisotopic (exact) mass is 454 g/mol. The van der Waals surface area contributed by atoms with E-state index in [1.54, 1.807) is 24.3 Å². The number of methoxy groups -OCH3 is 1. The molecule has 0 aliphatic carbocycles. The Morgan fingerprint density at radius 2 is 1.78 bits per heavy atom. The maximum absolute atomic E-state index is 12.9. The van der Waals surface area contributed by atoms with Crippen molar-refractivity contribution in [3.05, 3.63) is 58.0 Å². The molecule has 7 nitrogen and oxygen atoms in total. The van der Waals surface area contributed by atoms with Gasteiger partial charge >= 0.3 is 0 Å². The minimum absolute atomic E-state index is 0.109. The van der Waals surface area contributed by atoms with Gasteiger partial charge in [0.1, 0.15) is 6.54 Å². The topological polar surface area (TPSA) is 84.9 Å². The number of nitrogens with one attached hydrogen (secondary N) is 1. The number of ether oxygens (including phenoxy) is 2. The van der Waals surface area contributed by atoms with Gasteiger partial charge in [-0.1, -0.05) is 30.3 Å². The van der Waals surface area contributed by atoms with Crippen LogP contribution in [0.2, 0.25) is 0 Å². The van der Waals surface area contributed by atoms with E-state index in [9.17, 15) is 14.4 Å². The maximum atomic E-state index is 12.9. The number of amides is 3. The van der Waals surface area contributed by atoms with Gasteiger partial charge in [0.05, 0.1) is 18.1 Å². The SMILES string of the molecule is COc1cccc(C=C2SC(=O)N(CC(=O)Nc3c(C)cccc3C)C2=O)c1OC(C)C. The normalized spacial score (nSPS) is 14.9. The molecule has 1 N–H and O–H groups in total. The zero-order valence-electron chi connectivity index (χ0n) is 18.7. The number of hydrogen-bond donors (Lipinski definition) is 1. The van der Waals surface area contributed by atoms with Gasteiger partial charge in [-0.2, -0.15) is 0 Å². The highest BCUT2D eigenvalue weighted by atomic mass is 32.2. The van der Waals surface area contributed by atoms with Gasteiger partial charge in [0.2, 0.25) is 5.91 Å². The van der Waals surface area contributed by atoms with Crippen LogP contribution < -0.4 is 14.8 Å². The van der Waals surface area contributed by atoms with E-state index in [2.05, 4.69) is 5.32 Å². The number of nitrogens with zero attached hydrogens (tertiary/aromatic N) is 1. The molecular weight excluding hydrogens is 428 g/mol. The quantitative estimate of drug-likeness (QED) is 0.607. The standard InChI is InChI=1S/C24H26N2O5S/c1-14(2)31-22-17(10-7-11-18(22)30-5)12-19-23(28)26(24(29)32-19)13-20(27)25-21-15(3)8-6-9-16(21)4/h6-12,14H,13H2,1-5H3,(H,25,27). The van der Waals surface area contributed by atoms with Gasteiger partial charge in [-0.05, 0) is 62.7 Å². The largest absolute Gasteiger partial charge is 0.493 e. The van der Waals surface area contributed by atoms with Gasteiger partial charge in [-0.25, -0.2) is 0 Å². The smallest absolute Gasteiger partial charge is 0.294 e. The highest BCUT2D eigenvalue weighted by molar-refractivity contribution is 8.18. The summed E-state index contributed by atoms with van der Waals surface area (Å²) in [5.41, 5.74) is 3.11. The molecule has 0 bridgehead atoms. The predicted molar refractivity (Wildman–Crippen MR) is 126 cm³/mol. The molecule has 0 spiro atoms. The van der Waals surface area contributed by atoms with Crippen LogP contribution in [0.4, 0.5) is 10.5 Å². The van der Waals surface area contributed by atoms with Crippen LogP contribution in [0.1, 0.15) is 30.5 Å². The molecule has 1 heterocycles. The third-order valence-electron chi connectivity index (χ3n) is 4.79. The van der Waals surface area contributed by atoms with E-state index < -0.39 is 17.1 Å². The summed E-state index contributed by atoms with van der Waals surface area (Å²) >= 11 is 0.794. The Balaban J connectivity index is 1.81. The lowest BCUT2D eigenvalue weighted by Gasteiger charge is -2.16. The molecule has 0 radical (unpaired) electrons. The molecule has 3 amide bonds. The molecular formula is C24H26N2O5S. The third-order valence-corrected chi connectivity index (χ3v) is 5.70. The van der Waals surface area contributed by atoms with Gasteiger partial charge in [0.15, 0.2) is 11.5 Å². The number of thioether (sulfide) groups is 1. The first-order valence-corrected chi connectivity index (χ1v) is 11.0. The van der Waals surface area contributed by atoms with Crippen LogP contribution in [0.3, 0.4) is 0 Å². The molecule has 1 saturated heterocycles. The Morgan fingerprint density at radius 1 is 1.12 bits per heavy atom. The number of hydrogen-bond acceptors (Lipinski definition) is 6. The highest BCUT2D eigenvalue weighted by Gasteiger charge is 2.36. The van der Waals surface area contributed by atoms with E-state index >= 15 is 0 Å². The van der Waals surface area contributed by atoms with Crippen LogP contribution in [0, 0.1) is 13.8 Å². The minimum Gasteiger partial charge on any atom is -0.493 e. The molecule has 2 aromatic rings. The molecule has 1 aliphatic rings. The number of anilines is 1. The van der Waals surface area contributed by atoms with Crippen molar-refractivity contribution >= 4 is 40.6 Å². The molecule has 8 heteroatoms. The van der Waals surface area contributed by atoms with Crippen LogP contribution >= 0.6 is 11.8 Å². The molecule has 2 aromatic carbocycles. The number of imide groups is 1. The lowest BCUT2D eigenvalue weighted by Crippen LogP contribution is -2.36. The Morgan fingerprint density at radius 3 is 2.41 bits per heavy atom. The van der Waals surface area contributed by atoms with Gasteiger partial charge < -0.3 is 14.8 Å². The lowest BCUT2D eigenvalue weighted by molar-refractivity contribution is -0.127. The molecule has 3 rings (SSSR count). The van der Waals surface area contributed by atoms with Crippen molar-refractivity contribution in [2.45, 2.75) is 33.8 Å². The Labute approximate surface area is 191 Å². The fourth-order valence-electron chi connectivity index (χ4n) is 3.28. The van der Waals surface area contributed by atoms with Gasteiger partial charge in [0.25, 0.3) is 11.1 Å². The maximum Gasteiger partial charge on any atom is 0.294 e. The second-order valence-electron chi connectivity index (χ2n) is 7.63. The number of carbonyl (C=O) groups is 3. The summed E-state index contributed by atoms with van der Waals surface area (Å²) in [6.45, 7) is 7.19. The van der Waals surface area contributed by atoms with Crippen LogP contribution in [0.5, 0.6) is 11.5 Å². The van der Waals surface area contributed by atoms with Gasteiger partial charge in [-0.15, -0.1) is 0 Å². The lowest BCUT2D eigenvalue weighted by atomic mass is 10.1. The summed E-state index contributed by atoms with van der Waals surface area (Å²) in [5, 5.41) is 2.31. The zero-order chi connectivity index (χ0) is 23.4. The molecule has 0 saturated carbocycles. The van der Waals surface area contributed by atoms with E-state index in [-0.39, 0.29) is 17.6 Å². The number of para-hydroxylation sites is 2. The Hall–Kier alpha value is -3.26. The van der Waals surface area contributed by atoms with E-state index in [0.29, 0.717) is 22.7 Å². The fourth-order valence-corrected chi connectivity index (χ4v) is 4.11. The highest BCUT2D eigenvalue weighted by Crippen LogP contribution is 2.37. The van der Waals surface area contributed by atoms with Crippen molar-refractivity contribution < 1.29 is 23.9 Å². The van der Waals surface area contributed by atoms with E-state index in [1.807, 2.05) is 45.9 Å². The summed E-state index contributed by atoms with van der Waals surface area (Å²) < 4.78 is 11.2. The summed E-state index contributed by atoms with van der Waals surface area (Å²) in [6.07, 6.45) is 1.48. The van der Waals surface area contributed by atoms with Gasteiger partial charge in [-0.3, -0.25) is 19.3 Å². The number of rotatable bonds is 7. The number of benzene rings is 2. The summed E-state index contributed by atoms with van der Waals surface area (Å²) in [4.78, 5) is 39.1. The summed E-state index contributed by atoms with van der Waals surface area (Å²) in [6, 6.07) is 11.0. The van der Waals surface area contributed by atoms with Crippen molar-refractivity contribution in [1.29, 1.82) is 0 Å². The fraction of sp³-hybridized carbons (Fsp3) is 0.292. The average molecular weight is 455 g/mol. The second kappa shape index (κ2) is 9.91. The molecule has 0 atom stereocenters. The third kappa shape index (κ3) is 5.13. The molecule has 32 heavy (non-hydrogen) atoms. The minimum atomic E-state index is -0.519. The number of aryl methyl sites for hydroxylation is 2. The molecule has 168 valence electrons. The molecule has 0 aromatic heterocycles. The Kier molecular flexibility index (Phi) is 7.25. The van der Waals surface area contributed by atoms with Crippen LogP contribution in [-0.4, -0.2) is 41.7 Å². The first kappa shape index (κ1) is 23.4. The predicted octanol–water partition coefficient (Wildman–Crippen LogP) is 4.77. The van der Waals surface area contributed by atoms with Crippen molar-refractivity contribution in [3.63, 3.8) is 0 Å². The van der Waals surface area contributed by atoms with Crippen molar-refractivity contribution in [1.82, 2.24) is 4.90 Å². The molecule has 1 fully saturated rings. The summed E-state index contributed by atoms with van der Waals surface area (Å²) in [7, 11) is 1.54. The average Bonchev–Trinajstić information content (AvgIpc) is 2.99. The first-order chi connectivity index (χ1) is 15.2. The van der Waals surface area contributed by atoms with Crippen molar-refractivity contribution in [3.8, 4) is 11.5 Å². The van der Waals surface area contributed by atoms with Crippen molar-refractivity contribution in [2.24, 2.45) is 0 Å². The van der Waals surface area contributed by atoms with Crippen molar-refractivity contribution in [2.75, 3.05) is 19.0 Å². The molecule has 1 aliphatic heterocycles. The number of carbonyl (C=O) groups excluding carboxylic acids is 3. The molecule has 0 unspecified atom stereocenters. The van der Waals surface area contributed by atoms with Gasteiger partial charge in [0, 0.05) is 11.3 Å². The van der Waals surface area contributed by atoms with E-state index in [1.165, 1.54) is 7.11 Å². The first-order valence-electron chi connectivity index (χ1n) is 10.2. The zero-order valence-corrected chi connectivity index (χ0v) is 19.5. The van der Waals surface area contributed by atoms with E-state index in [0.717, 1.165) is 27.8 Å². The van der Waals surface area contributed by atoms with Crippen LogP contribution in [-0.2, 0) is 9.59 Å². The summed E-state index contributed by atoms with van der Waals surface area (Å²) in [5.74, 6) is 0.0651. The Bertz CT molecular complexity index is 1070. The second-order valence-corrected chi connectivity index (χ2v) is 8.62. The van der Waals surface area contributed by atoms with E-state index in [4.69, 9.17) is 9.47 Å².